The molecule has 0 spiro atoms. The van der Waals surface area contributed by atoms with Crippen LogP contribution >= 0.6 is 0 Å². The van der Waals surface area contributed by atoms with Crippen LogP contribution in [0.5, 0.6) is 11.6 Å². The summed E-state index contributed by atoms with van der Waals surface area (Å²) in [5, 5.41) is 13.1. The molecule has 1 aliphatic carbocycles. The highest BCUT2D eigenvalue weighted by molar-refractivity contribution is 5.68. The largest absolute Gasteiger partial charge is 0.439 e. The number of nitrogens with two attached hydrogens (primary N) is 1. The summed E-state index contributed by atoms with van der Waals surface area (Å²) in [7, 11) is 0. The summed E-state index contributed by atoms with van der Waals surface area (Å²) in [5.74, 6) is 1.26. The standard InChI is InChI=1S/C18H23N3O2/c1-12-2-9-18(20-11-12)23-15-7-8-16(19)17(10-15)21-13-3-5-14(22)6-4-13/h2,7-11,13-14,21-22H,3-6,19H2,1H3. The number of nitrogens with zero attached hydrogens (tertiary/aromatic N) is 1. The van der Waals surface area contributed by atoms with Gasteiger partial charge in [-0.1, -0.05) is 6.07 Å². The van der Waals surface area contributed by atoms with Crippen LogP contribution in [0, 0.1) is 6.92 Å². The molecule has 3 rings (SSSR count). The molecule has 0 atom stereocenters. The Bertz CT molecular complexity index is 650. The zero-order chi connectivity index (χ0) is 16.2. The molecule has 122 valence electrons. The fourth-order valence-corrected chi connectivity index (χ4v) is 2.80. The summed E-state index contributed by atoms with van der Waals surface area (Å²) in [5.41, 5.74) is 8.72. The van der Waals surface area contributed by atoms with E-state index >= 15 is 0 Å². The lowest BCUT2D eigenvalue weighted by atomic mass is 9.93. The SMILES string of the molecule is Cc1ccc(Oc2ccc(N)c(NC3CCC(O)CC3)c2)nc1. The molecule has 1 fully saturated rings. The van der Waals surface area contributed by atoms with Gasteiger partial charge in [0.05, 0.1) is 17.5 Å². The molecule has 0 amide bonds. The molecule has 1 aliphatic rings. The second kappa shape index (κ2) is 6.87. The molecule has 2 aromatic rings. The molecule has 1 heterocycles. The highest BCUT2D eigenvalue weighted by Gasteiger charge is 2.19. The third-order valence-electron chi connectivity index (χ3n) is 4.19. The maximum absolute atomic E-state index is 9.60. The van der Waals surface area contributed by atoms with E-state index in [1.54, 1.807) is 6.20 Å². The van der Waals surface area contributed by atoms with Crippen molar-refractivity contribution in [2.45, 2.75) is 44.8 Å². The smallest absolute Gasteiger partial charge is 0.219 e. The van der Waals surface area contributed by atoms with Gasteiger partial charge in [-0.3, -0.25) is 0 Å². The minimum absolute atomic E-state index is 0.160. The average Bonchev–Trinajstić information content (AvgIpc) is 2.55. The lowest BCUT2D eigenvalue weighted by molar-refractivity contribution is 0.126. The number of anilines is 2. The van der Waals surface area contributed by atoms with Crippen LogP contribution in [0.1, 0.15) is 31.2 Å². The van der Waals surface area contributed by atoms with Crippen molar-refractivity contribution in [3.05, 3.63) is 42.1 Å². The van der Waals surface area contributed by atoms with E-state index in [4.69, 9.17) is 10.5 Å². The van der Waals surface area contributed by atoms with E-state index in [1.807, 2.05) is 37.3 Å². The molecular formula is C18H23N3O2. The van der Waals surface area contributed by atoms with E-state index < -0.39 is 0 Å². The number of aryl methyl sites for hydroxylation is 1. The predicted octanol–water partition coefficient (Wildman–Crippen LogP) is 3.48. The van der Waals surface area contributed by atoms with Crippen LogP contribution in [0.2, 0.25) is 0 Å². The first-order valence-electron chi connectivity index (χ1n) is 8.05. The monoisotopic (exact) mass is 313 g/mol. The minimum Gasteiger partial charge on any atom is -0.439 e. The van der Waals surface area contributed by atoms with E-state index in [0.717, 1.165) is 36.9 Å². The number of aromatic nitrogens is 1. The molecule has 0 radical (unpaired) electrons. The molecule has 0 unspecified atom stereocenters. The van der Waals surface area contributed by atoms with Crippen molar-refractivity contribution in [2.75, 3.05) is 11.1 Å². The van der Waals surface area contributed by atoms with Crippen LogP contribution in [-0.2, 0) is 0 Å². The zero-order valence-electron chi connectivity index (χ0n) is 13.3. The van der Waals surface area contributed by atoms with E-state index in [9.17, 15) is 5.11 Å². The van der Waals surface area contributed by atoms with E-state index in [0.29, 0.717) is 23.4 Å². The third kappa shape index (κ3) is 4.13. The Morgan fingerprint density at radius 3 is 2.65 bits per heavy atom. The fraction of sp³-hybridized carbons (Fsp3) is 0.389. The summed E-state index contributed by atoms with van der Waals surface area (Å²) in [4.78, 5) is 4.25. The summed E-state index contributed by atoms with van der Waals surface area (Å²) >= 11 is 0. The quantitative estimate of drug-likeness (QED) is 0.753. The van der Waals surface area contributed by atoms with Crippen LogP contribution < -0.4 is 15.8 Å². The highest BCUT2D eigenvalue weighted by atomic mass is 16.5. The lowest BCUT2D eigenvalue weighted by Crippen LogP contribution is -2.28. The van der Waals surface area contributed by atoms with Gasteiger partial charge in [0.1, 0.15) is 5.75 Å². The number of hydrogen-bond donors (Lipinski definition) is 3. The topological polar surface area (TPSA) is 80.4 Å². The molecule has 1 aromatic heterocycles. The molecule has 0 saturated heterocycles. The Morgan fingerprint density at radius 2 is 1.96 bits per heavy atom. The van der Waals surface area contributed by atoms with Gasteiger partial charge >= 0.3 is 0 Å². The highest BCUT2D eigenvalue weighted by Crippen LogP contribution is 2.30. The number of rotatable bonds is 4. The van der Waals surface area contributed by atoms with Gasteiger partial charge in [0.15, 0.2) is 0 Å². The first kappa shape index (κ1) is 15.6. The van der Waals surface area contributed by atoms with Crippen molar-refractivity contribution < 1.29 is 9.84 Å². The number of ether oxygens (including phenoxy) is 1. The number of aliphatic hydroxyl groups is 1. The van der Waals surface area contributed by atoms with Crippen molar-refractivity contribution in [3.8, 4) is 11.6 Å². The average molecular weight is 313 g/mol. The molecule has 5 nitrogen and oxygen atoms in total. The molecule has 5 heteroatoms. The van der Waals surface area contributed by atoms with Crippen LogP contribution in [0.3, 0.4) is 0 Å². The number of benzene rings is 1. The van der Waals surface area contributed by atoms with Crippen LogP contribution in [0.4, 0.5) is 11.4 Å². The zero-order valence-corrected chi connectivity index (χ0v) is 13.3. The van der Waals surface area contributed by atoms with Gasteiger partial charge in [0.25, 0.3) is 0 Å². The molecule has 1 saturated carbocycles. The number of pyridine rings is 1. The van der Waals surface area contributed by atoms with Gasteiger partial charge in [-0.15, -0.1) is 0 Å². The Balaban J connectivity index is 1.70. The van der Waals surface area contributed by atoms with Crippen molar-refractivity contribution in [1.82, 2.24) is 4.98 Å². The fourth-order valence-electron chi connectivity index (χ4n) is 2.80. The van der Waals surface area contributed by atoms with Gasteiger partial charge in [0, 0.05) is 24.4 Å². The van der Waals surface area contributed by atoms with Crippen LogP contribution in [-0.4, -0.2) is 22.2 Å². The Labute approximate surface area is 136 Å². The van der Waals surface area contributed by atoms with Crippen molar-refractivity contribution in [3.63, 3.8) is 0 Å². The molecule has 23 heavy (non-hydrogen) atoms. The van der Waals surface area contributed by atoms with E-state index in [-0.39, 0.29) is 6.10 Å². The lowest BCUT2D eigenvalue weighted by Gasteiger charge is -2.27. The molecule has 0 aliphatic heterocycles. The maximum Gasteiger partial charge on any atom is 0.219 e. The predicted molar refractivity (Wildman–Crippen MR) is 91.8 cm³/mol. The van der Waals surface area contributed by atoms with Gasteiger partial charge in [-0.05, 0) is 50.3 Å². The van der Waals surface area contributed by atoms with Crippen LogP contribution in [0.15, 0.2) is 36.5 Å². The number of nitrogen functional groups attached to an aromatic ring is 1. The van der Waals surface area contributed by atoms with Crippen molar-refractivity contribution in [1.29, 1.82) is 0 Å². The van der Waals surface area contributed by atoms with Gasteiger partial charge in [-0.2, -0.15) is 0 Å². The number of nitrogens with one attached hydrogen (secondary N) is 1. The summed E-state index contributed by atoms with van der Waals surface area (Å²) in [6, 6.07) is 9.74. The first-order chi connectivity index (χ1) is 11.1. The van der Waals surface area contributed by atoms with Gasteiger partial charge in [0.2, 0.25) is 5.88 Å². The first-order valence-corrected chi connectivity index (χ1v) is 8.05. The minimum atomic E-state index is -0.160. The maximum atomic E-state index is 9.60. The number of aliphatic hydroxyl groups excluding tert-OH is 1. The van der Waals surface area contributed by atoms with Crippen molar-refractivity contribution in [2.24, 2.45) is 0 Å². The molecule has 1 aromatic carbocycles. The third-order valence-corrected chi connectivity index (χ3v) is 4.19. The Morgan fingerprint density at radius 1 is 1.17 bits per heavy atom. The Hall–Kier alpha value is -2.27. The summed E-state index contributed by atoms with van der Waals surface area (Å²) in [6.45, 7) is 1.99. The van der Waals surface area contributed by atoms with Gasteiger partial charge in [-0.25, -0.2) is 4.98 Å². The molecule has 4 N–H and O–H groups in total. The van der Waals surface area contributed by atoms with Crippen LogP contribution in [0.25, 0.3) is 0 Å². The summed E-state index contributed by atoms with van der Waals surface area (Å²) < 4.78 is 5.79. The van der Waals surface area contributed by atoms with Crippen molar-refractivity contribution >= 4 is 11.4 Å². The second-order valence-corrected chi connectivity index (χ2v) is 6.17. The Kier molecular flexibility index (Phi) is 4.67. The normalized spacial score (nSPS) is 21.0. The summed E-state index contributed by atoms with van der Waals surface area (Å²) in [6.07, 6.45) is 5.19. The molecule has 0 bridgehead atoms. The van der Waals surface area contributed by atoms with E-state index in [2.05, 4.69) is 10.3 Å². The van der Waals surface area contributed by atoms with E-state index in [1.165, 1.54) is 0 Å². The number of hydrogen-bond acceptors (Lipinski definition) is 5. The molecular weight excluding hydrogens is 290 g/mol. The van der Waals surface area contributed by atoms with Gasteiger partial charge < -0.3 is 20.9 Å². The second-order valence-electron chi connectivity index (χ2n) is 6.17.